The van der Waals surface area contributed by atoms with Gasteiger partial charge >= 0.3 is 0 Å². The molecule has 0 aliphatic heterocycles. The molecule has 4 nitrogen and oxygen atoms in total. The van der Waals surface area contributed by atoms with Crippen molar-refractivity contribution in [2.75, 3.05) is 11.9 Å². The Morgan fingerprint density at radius 3 is 2.90 bits per heavy atom. The summed E-state index contributed by atoms with van der Waals surface area (Å²) in [4.78, 5) is 11.9. The van der Waals surface area contributed by atoms with E-state index in [1.54, 1.807) is 6.26 Å². The molecule has 0 bridgehead atoms. The van der Waals surface area contributed by atoms with Crippen molar-refractivity contribution in [2.24, 2.45) is 0 Å². The quantitative estimate of drug-likeness (QED) is 0.814. The van der Waals surface area contributed by atoms with Crippen LogP contribution in [0.1, 0.15) is 24.7 Å². The number of carbonyl (C=O) groups excluding carboxylic acids is 1. The van der Waals surface area contributed by atoms with Crippen LogP contribution in [0.3, 0.4) is 0 Å². The number of amides is 1. The fourth-order valence-corrected chi connectivity index (χ4v) is 1.94. The van der Waals surface area contributed by atoms with Crippen molar-refractivity contribution in [1.29, 1.82) is 0 Å². The largest absolute Gasteiger partial charge is 0.469 e. The van der Waals surface area contributed by atoms with Crippen LogP contribution in [0.25, 0.3) is 0 Å². The topological polar surface area (TPSA) is 54.3 Å². The van der Waals surface area contributed by atoms with Gasteiger partial charge in [-0.1, -0.05) is 19.1 Å². The van der Waals surface area contributed by atoms with Crippen LogP contribution in [0, 0.1) is 0 Å². The lowest BCUT2D eigenvalue weighted by Gasteiger charge is -2.07. The minimum Gasteiger partial charge on any atom is -0.469 e. The molecule has 4 heteroatoms. The van der Waals surface area contributed by atoms with Gasteiger partial charge in [-0.05, 0) is 36.4 Å². The van der Waals surface area contributed by atoms with Crippen LogP contribution >= 0.6 is 0 Å². The molecule has 1 aromatic carbocycles. The lowest BCUT2D eigenvalue weighted by atomic mass is 10.2. The Morgan fingerprint density at radius 2 is 2.15 bits per heavy atom. The first-order valence-electron chi connectivity index (χ1n) is 6.90. The first-order chi connectivity index (χ1) is 9.78. The molecule has 0 fully saturated rings. The van der Waals surface area contributed by atoms with Gasteiger partial charge in [0.25, 0.3) is 0 Å². The molecular formula is C16H20N2O2. The van der Waals surface area contributed by atoms with E-state index >= 15 is 0 Å². The van der Waals surface area contributed by atoms with Gasteiger partial charge in [-0.25, -0.2) is 0 Å². The maximum absolute atomic E-state index is 11.9. The van der Waals surface area contributed by atoms with Crippen LogP contribution in [0.15, 0.2) is 47.1 Å². The summed E-state index contributed by atoms with van der Waals surface area (Å²) in [5, 5.41) is 6.18. The summed E-state index contributed by atoms with van der Waals surface area (Å²) in [6, 6.07) is 11.6. The predicted octanol–water partition coefficient (Wildman–Crippen LogP) is 2.96. The third-order valence-corrected chi connectivity index (χ3v) is 2.97. The van der Waals surface area contributed by atoms with E-state index in [1.165, 1.54) is 0 Å². The van der Waals surface area contributed by atoms with Crippen molar-refractivity contribution in [2.45, 2.75) is 26.3 Å². The van der Waals surface area contributed by atoms with Crippen molar-refractivity contribution in [3.05, 3.63) is 54.0 Å². The zero-order valence-corrected chi connectivity index (χ0v) is 11.7. The molecule has 106 valence electrons. The van der Waals surface area contributed by atoms with Crippen LogP contribution in [0.4, 0.5) is 5.69 Å². The molecule has 0 saturated heterocycles. The monoisotopic (exact) mass is 272 g/mol. The van der Waals surface area contributed by atoms with E-state index in [-0.39, 0.29) is 5.91 Å². The van der Waals surface area contributed by atoms with E-state index in [4.69, 9.17) is 4.42 Å². The molecule has 2 N–H and O–H groups in total. The van der Waals surface area contributed by atoms with Crippen LogP contribution in [0.5, 0.6) is 0 Å². The first kappa shape index (κ1) is 14.3. The van der Waals surface area contributed by atoms with Crippen LogP contribution in [-0.4, -0.2) is 12.5 Å². The number of furan rings is 1. The van der Waals surface area contributed by atoms with E-state index < -0.39 is 0 Å². The third-order valence-electron chi connectivity index (χ3n) is 2.97. The van der Waals surface area contributed by atoms with Crippen molar-refractivity contribution in [3.63, 3.8) is 0 Å². The van der Waals surface area contributed by atoms with Crippen molar-refractivity contribution in [1.82, 2.24) is 5.32 Å². The normalized spacial score (nSPS) is 10.4. The fraction of sp³-hybridized carbons (Fsp3) is 0.312. The van der Waals surface area contributed by atoms with Crippen LogP contribution < -0.4 is 10.6 Å². The van der Waals surface area contributed by atoms with Gasteiger partial charge in [-0.15, -0.1) is 0 Å². The standard InChI is InChI=1S/C16H20N2O2/c1-2-17-12-13-5-3-6-14(11-13)18-16(19)9-8-15-7-4-10-20-15/h3-7,10-11,17H,2,8-9,12H2,1H3,(H,18,19). The van der Waals surface area contributed by atoms with Crippen LogP contribution in [0.2, 0.25) is 0 Å². The molecule has 0 atom stereocenters. The highest BCUT2D eigenvalue weighted by molar-refractivity contribution is 5.90. The molecule has 1 amide bonds. The zero-order chi connectivity index (χ0) is 14.2. The van der Waals surface area contributed by atoms with E-state index in [1.807, 2.05) is 36.4 Å². The molecule has 2 aromatic rings. The molecule has 1 aromatic heterocycles. The van der Waals surface area contributed by atoms with Crippen molar-refractivity contribution in [3.8, 4) is 0 Å². The van der Waals surface area contributed by atoms with Crippen molar-refractivity contribution < 1.29 is 9.21 Å². The van der Waals surface area contributed by atoms with E-state index in [2.05, 4.69) is 17.6 Å². The molecule has 1 heterocycles. The molecule has 0 aliphatic rings. The van der Waals surface area contributed by atoms with Gasteiger partial charge in [0, 0.05) is 25.1 Å². The summed E-state index contributed by atoms with van der Waals surface area (Å²) >= 11 is 0. The van der Waals surface area contributed by atoms with Gasteiger partial charge in [0.05, 0.1) is 6.26 Å². The second-order valence-corrected chi connectivity index (χ2v) is 4.61. The number of anilines is 1. The molecule has 0 spiro atoms. The maximum Gasteiger partial charge on any atom is 0.224 e. The fourth-order valence-electron chi connectivity index (χ4n) is 1.94. The van der Waals surface area contributed by atoms with Gasteiger partial charge in [0.2, 0.25) is 5.91 Å². The molecular weight excluding hydrogens is 252 g/mol. The average Bonchev–Trinajstić information content (AvgIpc) is 2.97. The minimum absolute atomic E-state index is 0.00185. The lowest BCUT2D eigenvalue weighted by molar-refractivity contribution is -0.116. The first-order valence-corrected chi connectivity index (χ1v) is 6.90. The van der Waals surface area contributed by atoms with Crippen LogP contribution in [-0.2, 0) is 17.8 Å². The highest BCUT2D eigenvalue weighted by atomic mass is 16.3. The average molecular weight is 272 g/mol. The molecule has 2 rings (SSSR count). The molecule has 0 saturated carbocycles. The number of benzene rings is 1. The minimum atomic E-state index is 0.00185. The summed E-state index contributed by atoms with van der Waals surface area (Å²) in [6.45, 7) is 3.81. The Kier molecular flexibility index (Phi) is 5.38. The predicted molar refractivity (Wildman–Crippen MR) is 79.5 cm³/mol. The molecule has 0 radical (unpaired) electrons. The molecule has 0 unspecified atom stereocenters. The highest BCUT2D eigenvalue weighted by Gasteiger charge is 2.05. The molecule has 0 aliphatic carbocycles. The van der Waals surface area contributed by atoms with E-state index in [9.17, 15) is 4.79 Å². The van der Waals surface area contributed by atoms with Gasteiger partial charge in [0.15, 0.2) is 0 Å². The Morgan fingerprint density at radius 1 is 1.25 bits per heavy atom. The lowest BCUT2D eigenvalue weighted by Crippen LogP contribution is -2.14. The third kappa shape index (κ3) is 4.55. The number of carbonyl (C=O) groups is 1. The number of hydrogen-bond donors (Lipinski definition) is 2. The Hall–Kier alpha value is -2.07. The number of hydrogen-bond acceptors (Lipinski definition) is 3. The molecule has 20 heavy (non-hydrogen) atoms. The highest BCUT2D eigenvalue weighted by Crippen LogP contribution is 2.12. The zero-order valence-electron chi connectivity index (χ0n) is 11.7. The van der Waals surface area contributed by atoms with E-state index in [0.29, 0.717) is 12.8 Å². The van der Waals surface area contributed by atoms with Gasteiger partial charge in [-0.3, -0.25) is 4.79 Å². The van der Waals surface area contributed by atoms with Gasteiger partial charge in [-0.2, -0.15) is 0 Å². The summed E-state index contributed by atoms with van der Waals surface area (Å²) in [5.74, 6) is 0.836. The Balaban J connectivity index is 1.84. The summed E-state index contributed by atoms with van der Waals surface area (Å²) in [5.41, 5.74) is 2.00. The van der Waals surface area contributed by atoms with Gasteiger partial charge in [0.1, 0.15) is 5.76 Å². The Bertz CT molecular complexity index is 535. The number of rotatable bonds is 7. The Labute approximate surface area is 119 Å². The number of nitrogens with one attached hydrogen (secondary N) is 2. The SMILES string of the molecule is CCNCc1cccc(NC(=O)CCc2ccco2)c1. The second-order valence-electron chi connectivity index (χ2n) is 4.61. The van der Waals surface area contributed by atoms with Crippen molar-refractivity contribution >= 4 is 11.6 Å². The van der Waals surface area contributed by atoms with E-state index in [0.717, 1.165) is 30.1 Å². The number of aryl methyl sites for hydroxylation is 1. The summed E-state index contributed by atoms with van der Waals surface area (Å²) in [6.07, 6.45) is 2.66. The summed E-state index contributed by atoms with van der Waals surface area (Å²) < 4.78 is 5.21. The second kappa shape index (κ2) is 7.50. The maximum atomic E-state index is 11.9. The van der Waals surface area contributed by atoms with Gasteiger partial charge < -0.3 is 15.1 Å². The summed E-state index contributed by atoms with van der Waals surface area (Å²) in [7, 11) is 0. The smallest absolute Gasteiger partial charge is 0.224 e.